The Kier molecular flexibility index (Phi) is 11.9. The van der Waals surface area contributed by atoms with Gasteiger partial charge in [0.1, 0.15) is 73.2 Å². The van der Waals surface area contributed by atoms with Crippen LogP contribution in [0.25, 0.3) is 0 Å². The zero-order chi connectivity index (χ0) is 40.7. The molecule has 56 heavy (non-hydrogen) atoms. The van der Waals surface area contributed by atoms with Crippen molar-refractivity contribution in [3.05, 3.63) is 12.2 Å². The zero-order valence-corrected chi connectivity index (χ0v) is 31.8. The number of hydrogen-bond acceptors (Lipinski definition) is 18. The molecule has 0 aromatic rings. The van der Waals surface area contributed by atoms with Crippen molar-refractivity contribution in [2.24, 2.45) is 28.1 Å². The molecule has 21 atom stereocenters. The van der Waals surface area contributed by atoms with Gasteiger partial charge in [0, 0.05) is 0 Å². The first kappa shape index (κ1) is 42.7. The van der Waals surface area contributed by atoms with Crippen LogP contribution in [0.3, 0.4) is 0 Å². The summed E-state index contributed by atoms with van der Waals surface area (Å²) in [6, 6.07) is 0. The molecule has 3 heterocycles. The van der Waals surface area contributed by atoms with E-state index in [9.17, 15) is 61.0 Å². The molecule has 0 amide bonds. The van der Waals surface area contributed by atoms with E-state index in [0.717, 1.165) is 24.8 Å². The number of carbonyl (C=O) groups excluding carboxylic acids is 1. The second-order valence-electron chi connectivity index (χ2n) is 18.0. The molecule has 7 aliphatic rings. The summed E-state index contributed by atoms with van der Waals surface area (Å²) < 4.78 is 34.9. The monoisotopic (exact) mass is 804 g/mol. The van der Waals surface area contributed by atoms with Crippen LogP contribution >= 0.6 is 0 Å². The van der Waals surface area contributed by atoms with Crippen LogP contribution in [-0.4, -0.2) is 180 Å². The molecular formula is C38H60O18. The van der Waals surface area contributed by atoms with Gasteiger partial charge in [-0.3, -0.25) is 4.79 Å². The molecular weight excluding hydrogens is 744 g/mol. The van der Waals surface area contributed by atoms with Crippen LogP contribution in [0.2, 0.25) is 0 Å². The Morgan fingerprint density at radius 2 is 1.23 bits per heavy atom. The molecule has 18 nitrogen and oxygen atoms in total. The highest BCUT2D eigenvalue weighted by Gasteiger charge is 2.69. The maximum absolute atomic E-state index is 14.3. The molecule has 1 spiro atoms. The molecule has 3 saturated heterocycles. The fraction of sp³-hybridized carbons (Fsp3) is 0.921. The molecule has 2 bridgehead atoms. The first-order valence-electron chi connectivity index (χ1n) is 19.9. The second-order valence-corrected chi connectivity index (χ2v) is 18.0. The highest BCUT2D eigenvalue weighted by atomic mass is 16.8. The van der Waals surface area contributed by atoms with E-state index in [1.54, 1.807) is 0 Å². The zero-order valence-electron chi connectivity index (χ0n) is 31.8. The van der Waals surface area contributed by atoms with Crippen LogP contribution in [0.1, 0.15) is 71.6 Å². The lowest BCUT2D eigenvalue weighted by molar-refractivity contribution is -0.356. The van der Waals surface area contributed by atoms with E-state index in [2.05, 4.69) is 13.5 Å². The standard InChI is InChI=1S/C38H60O18/c1-16-11-37-9-5-20-35(2,21(37)6-10-38(16,15-37)56-33-28(48)25(45)23(43)18(13-40)52-33)7-4-8-36(20,3)34(50)55-32-29(49)26(46)30(19(14-41)53-32)54-31-27(47)24(44)22(42)17(12-39)51-31/h17-33,39-49H,1,4-15H2,2-3H3/t17?,18?,19?,20-,21-,22+,23+,24-,25-,26+,27?,28?,29?,30+,31-,32-,33-,35+,36+,37+,38-/m0/s1. The van der Waals surface area contributed by atoms with Crippen molar-refractivity contribution in [2.45, 2.75) is 169 Å². The van der Waals surface area contributed by atoms with Gasteiger partial charge in [0.05, 0.1) is 30.8 Å². The number of rotatable bonds is 9. The third-order valence-corrected chi connectivity index (χ3v) is 15.0. The van der Waals surface area contributed by atoms with Gasteiger partial charge in [-0.15, -0.1) is 0 Å². The lowest BCUT2D eigenvalue weighted by Crippen LogP contribution is -2.65. The highest BCUT2D eigenvalue weighted by Crippen LogP contribution is 2.73. The second kappa shape index (κ2) is 15.6. The van der Waals surface area contributed by atoms with Crippen molar-refractivity contribution < 1.29 is 89.4 Å². The van der Waals surface area contributed by atoms with Crippen molar-refractivity contribution in [2.75, 3.05) is 19.8 Å². The van der Waals surface area contributed by atoms with E-state index in [0.29, 0.717) is 38.5 Å². The van der Waals surface area contributed by atoms with Crippen LogP contribution in [0.15, 0.2) is 12.2 Å². The van der Waals surface area contributed by atoms with Crippen molar-refractivity contribution >= 4 is 5.97 Å². The average molecular weight is 805 g/mol. The number of hydrogen-bond donors (Lipinski definition) is 11. The molecule has 7 fully saturated rings. The summed E-state index contributed by atoms with van der Waals surface area (Å²) >= 11 is 0. The molecule has 7 rings (SSSR count). The Morgan fingerprint density at radius 1 is 0.679 bits per heavy atom. The normalized spacial score (nSPS) is 54.6. The minimum absolute atomic E-state index is 0.138. The van der Waals surface area contributed by atoms with E-state index < -0.39 is 129 Å². The lowest BCUT2D eigenvalue weighted by Gasteiger charge is -2.64. The minimum Gasteiger partial charge on any atom is -0.432 e. The van der Waals surface area contributed by atoms with E-state index in [-0.39, 0.29) is 22.7 Å². The van der Waals surface area contributed by atoms with Gasteiger partial charge in [0.2, 0.25) is 6.29 Å². The third-order valence-electron chi connectivity index (χ3n) is 15.0. The predicted octanol–water partition coefficient (Wildman–Crippen LogP) is -2.94. The summed E-state index contributed by atoms with van der Waals surface area (Å²) in [7, 11) is 0. The van der Waals surface area contributed by atoms with E-state index >= 15 is 0 Å². The Bertz CT molecular complexity index is 1450. The number of esters is 1. The molecule has 18 heteroatoms. The molecule has 0 aromatic carbocycles. The number of ether oxygens (including phenoxy) is 6. The summed E-state index contributed by atoms with van der Waals surface area (Å²) in [5, 5.41) is 114. The Morgan fingerprint density at radius 3 is 1.86 bits per heavy atom. The van der Waals surface area contributed by atoms with E-state index in [1.165, 1.54) is 0 Å². The summed E-state index contributed by atoms with van der Waals surface area (Å²) in [5.41, 5.74) is -1.57. The van der Waals surface area contributed by atoms with Gasteiger partial charge in [0.15, 0.2) is 12.6 Å². The number of carbonyl (C=O) groups is 1. The average Bonchev–Trinajstić information content (AvgIpc) is 3.37. The lowest BCUT2D eigenvalue weighted by atomic mass is 9.41. The van der Waals surface area contributed by atoms with Gasteiger partial charge in [-0.2, -0.15) is 0 Å². The third kappa shape index (κ3) is 6.69. The molecule has 3 aliphatic heterocycles. The van der Waals surface area contributed by atoms with Gasteiger partial charge in [-0.25, -0.2) is 0 Å². The summed E-state index contributed by atoms with van der Waals surface area (Å²) in [4.78, 5) is 14.3. The largest absolute Gasteiger partial charge is 0.432 e. The fourth-order valence-electron chi connectivity index (χ4n) is 12.0. The fourth-order valence-corrected chi connectivity index (χ4v) is 12.0. The Hall–Kier alpha value is -1.43. The summed E-state index contributed by atoms with van der Waals surface area (Å²) in [6.07, 6.45) is -17.6. The van der Waals surface area contributed by atoms with Gasteiger partial charge in [-0.1, -0.05) is 19.9 Å². The quantitative estimate of drug-likeness (QED) is 0.0631. The number of fused-ring (bicyclic) bond motifs is 3. The van der Waals surface area contributed by atoms with Crippen molar-refractivity contribution in [3.63, 3.8) is 0 Å². The molecule has 6 unspecified atom stereocenters. The Labute approximate surface area is 324 Å². The first-order chi connectivity index (χ1) is 26.4. The van der Waals surface area contributed by atoms with Crippen LogP contribution in [0, 0.1) is 28.1 Å². The minimum atomic E-state index is -1.86. The van der Waals surface area contributed by atoms with Crippen LogP contribution < -0.4 is 0 Å². The van der Waals surface area contributed by atoms with Crippen LogP contribution in [0.5, 0.6) is 0 Å². The van der Waals surface area contributed by atoms with Gasteiger partial charge in [0.25, 0.3) is 0 Å². The van der Waals surface area contributed by atoms with Gasteiger partial charge >= 0.3 is 5.97 Å². The summed E-state index contributed by atoms with van der Waals surface area (Å²) in [5.74, 6) is -0.608. The maximum atomic E-state index is 14.3. The molecule has 0 aromatic heterocycles. The molecule has 320 valence electrons. The maximum Gasteiger partial charge on any atom is 0.314 e. The predicted molar refractivity (Wildman–Crippen MR) is 186 cm³/mol. The van der Waals surface area contributed by atoms with Gasteiger partial charge < -0.3 is 84.6 Å². The highest BCUT2D eigenvalue weighted by molar-refractivity contribution is 5.77. The van der Waals surface area contributed by atoms with Crippen molar-refractivity contribution in [3.8, 4) is 0 Å². The molecule has 4 aliphatic carbocycles. The topological polar surface area (TPSA) is 295 Å². The number of aliphatic hydroxyl groups excluding tert-OH is 11. The molecule has 0 radical (unpaired) electrons. The smallest absolute Gasteiger partial charge is 0.314 e. The van der Waals surface area contributed by atoms with Crippen molar-refractivity contribution in [1.82, 2.24) is 0 Å². The van der Waals surface area contributed by atoms with E-state index in [4.69, 9.17) is 28.4 Å². The first-order valence-corrected chi connectivity index (χ1v) is 19.9. The summed E-state index contributed by atoms with van der Waals surface area (Å²) in [6.45, 7) is 6.43. The Balaban J connectivity index is 1.04. The van der Waals surface area contributed by atoms with Crippen LogP contribution in [0.4, 0.5) is 0 Å². The number of aliphatic hydroxyl groups is 11. The molecule has 4 saturated carbocycles. The SMILES string of the molecule is C=C1C[C@@]23CC[C@H]4[C@@](C)(CCC[C@@]4(C)C(=O)O[C@@H]4OC(CO)[C@@H](O[C@@H]5OC(CO)[C@@H](O)[C@H](O)C5O)[C@H](O)C4O)[C@@H]2CC[C@]1(O[C@@H]1OC(CO)[C@@H](O)[C@H](O)C1O)C3. The van der Waals surface area contributed by atoms with Crippen molar-refractivity contribution in [1.29, 1.82) is 0 Å². The van der Waals surface area contributed by atoms with Crippen LogP contribution in [-0.2, 0) is 33.2 Å². The molecule has 11 N–H and O–H groups in total. The van der Waals surface area contributed by atoms with E-state index in [1.807, 2.05) is 6.92 Å². The van der Waals surface area contributed by atoms with Gasteiger partial charge in [-0.05, 0) is 86.5 Å².